The molecule has 57 heavy (non-hydrogen) atoms. The molecule has 0 aromatic heterocycles. The molecule has 2 fully saturated rings. The fourth-order valence-corrected chi connectivity index (χ4v) is 8.88. The van der Waals surface area contributed by atoms with Crippen molar-refractivity contribution in [1.29, 1.82) is 0 Å². The van der Waals surface area contributed by atoms with E-state index in [2.05, 4.69) is 18.0 Å². The second-order valence-corrected chi connectivity index (χ2v) is 16.8. The number of ether oxygens (including phenoxy) is 3. The van der Waals surface area contributed by atoms with Crippen LogP contribution in [-0.4, -0.2) is 76.6 Å². The highest BCUT2D eigenvalue weighted by molar-refractivity contribution is 6.03. The molecule has 0 saturated heterocycles. The lowest BCUT2D eigenvalue weighted by molar-refractivity contribution is -0.258. The van der Waals surface area contributed by atoms with E-state index >= 15 is 0 Å². The zero-order chi connectivity index (χ0) is 40.7. The molecule has 2 aromatic carbocycles. The van der Waals surface area contributed by atoms with Crippen LogP contribution in [0.25, 0.3) is 0 Å². The third kappa shape index (κ3) is 9.72. The van der Waals surface area contributed by atoms with Crippen molar-refractivity contribution in [2.45, 2.75) is 115 Å². The summed E-state index contributed by atoms with van der Waals surface area (Å²) in [5.41, 5.74) is 2.61. The van der Waals surface area contributed by atoms with Crippen molar-refractivity contribution in [2.75, 3.05) is 26.4 Å². The molecule has 11 nitrogen and oxygen atoms in total. The van der Waals surface area contributed by atoms with Crippen molar-refractivity contribution in [3.05, 3.63) is 83.7 Å². The number of aliphatic hydroxyl groups is 2. The fourth-order valence-electron chi connectivity index (χ4n) is 8.88. The van der Waals surface area contributed by atoms with Gasteiger partial charge in [-0.2, -0.15) is 0 Å². The lowest BCUT2D eigenvalue weighted by Gasteiger charge is -2.60. The number of carbonyl (C=O) groups excluding carboxylic acids is 2. The Hall–Kier alpha value is -4.26. The fraction of sp³-hybridized carbons (Fsp3) is 0.578. The van der Waals surface area contributed by atoms with Gasteiger partial charge in [-0.15, -0.1) is 6.58 Å². The highest BCUT2D eigenvalue weighted by atomic mass is 19.1. The van der Waals surface area contributed by atoms with Gasteiger partial charge in [0.25, 0.3) is 0 Å². The van der Waals surface area contributed by atoms with E-state index in [9.17, 15) is 24.2 Å². The monoisotopic (exact) mass is 789 g/mol. The van der Waals surface area contributed by atoms with Gasteiger partial charge in [0.15, 0.2) is 0 Å². The van der Waals surface area contributed by atoms with Gasteiger partial charge >= 0.3 is 6.09 Å². The van der Waals surface area contributed by atoms with E-state index in [0.29, 0.717) is 36.6 Å². The van der Waals surface area contributed by atoms with Crippen molar-refractivity contribution in [2.24, 2.45) is 28.8 Å². The number of hydrogen-bond acceptors (Lipinski definition) is 9. The molecule has 4 aliphatic rings. The van der Waals surface area contributed by atoms with Crippen LogP contribution >= 0.6 is 0 Å². The number of allylic oxidation sites excluding steroid dienone is 1. The summed E-state index contributed by atoms with van der Waals surface area (Å²) in [6, 6.07) is 10.9. The predicted octanol–water partition coefficient (Wildman–Crippen LogP) is 7.80. The number of nitrogens with zero attached hydrogens (tertiary/aromatic N) is 2. The number of carbonyl (C=O) groups is 2. The average molecular weight is 790 g/mol. The van der Waals surface area contributed by atoms with Gasteiger partial charge in [0.1, 0.15) is 29.0 Å². The maximum atomic E-state index is 14.7. The Bertz CT molecular complexity index is 1790. The average Bonchev–Trinajstić information content (AvgIpc) is 4.03. The molecule has 1 aliphatic heterocycles. The Morgan fingerprint density at radius 3 is 2.44 bits per heavy atom. The molecule has 2 amide bonds. The standard InChI is InChI=1S/C45H60FN3O8/c1-6-24-54-45-39(49(42(52)30-16-17-30)28-29-14-18-32(46)19-15-29)27-37(48-57-44(3,4)5)35-25-31(12-8-10-22-50)34(13-9-11-23-51)40(41(35)45)36-26-33(20-21-38(36)56-45)55-43(53)47-7-2/h6,14-15,18-21,25-26,30-31,34,39-41,50-51H,1,7-13,16-17,22-24,27-28H2,2-5H3,(H,47,53). The first-order chi connectivity index (χ1) is 27.4. The van der Waals surface area contributed by atoms with Crippen LogP contribution in [0.2, 0.25) is 0 Å². The topological polar surface area (TPSA) is 139 Å². The van der Waals surface area contributed by atoms with Gasteiger partial charge in [0.2, 0.25) is 11.7 Å². The number of benzene rings is 2. The lowest BCUT2D eigenvalue weighted by atomic mass is 9.55. The van der Waals surface area contributed by atoms with Gasteiger partial charge in [-0.1, -0.05) is 42.3 Å². The largest absolute Gasteiger partial charge is 0.459 e. The third-order valence-electron chi connectivity index (χ3n) is 11.5. The number of rotatable bonds is 18. The number of amides is 2. The van der Waals surface area contributed by atoms with Gasteiger partial charge in [0, 0.05) is 50.1 Å². The summed E-state index contributed by atoms with van der Waals surface area (Å²) < 4.78 is 34.3. The Kier molecular flexibility index (Phi) is 13.8. The summed E-state index contributed by atoms with van der Waals surface area (Å²) in [6.07, 6.45) is 9.66. The Morgan fingerprint density at radius 2 is 1.79 bits per heavy atom. The second kappa shape index (κ2) is 18.6. The van der Waals surface area contributed by atoms with Gasteiger partial charge in [-0.3, -0.25) is 4.79 Å². The van der Waals surface area contributed by atoms with Crippen molar-refractivity contribution in [3.8, 4) is 11.5 Å². The van der Waals surface area contributed by atoms with Gasteiger partial charge in [0.05, 0.1) is 18.2 Å². The lowest BCUT2D eigenvalue weighted by Crippen LogP contribution is -2.70. The minimum absolute atomic E-state index is 0.00582. The molecule has 0 spiro atoms. The summed E-state index contributed by atoms with van der Waals surface area (Å²) in [6.45, 7) is 12.5. The van der Waals surface area contributed by atoms with Crippen molar-refractivity contribution in [3.63, 3.8) is 0 Å². The highest BCUT2D eigenvalue weighted by Crippen LogP contribution is 2.62. The van der Waals surface area contributed by atoms with Crippen LogP contribution in [0.4, 0.5) is 9.18 Å². The van der Waals surface area contributed by atoms with E-state index in [1.54, 1.807) is 24.3 Å². The molecular weight excluding hydrogens is 730 g/mol. The number of oxime groups is 1. The van der Waals surface area contributed by atoms with Crippen molar-refractivity contribution in [1.82, 2.24) is 10.2 Å². The molecule has 6 unspecified atom stereocenters. The number of hydrogen-bond donors (Lipinski definition) is 3. The Morgan fingerprint density at radius 1 is 1.07 bits per heavy atom. The molecule has 310 valence electrons. The number of aliphatic hydroxyl groups excluding tert-OH is 2. The molecule has 6 atom stereocenters. The molecule has 12 heteroatoms. The summed E-state index contributed by atoms with van der Waals surface area (Å²) in [5.74, 6) is -1.79. The zero-order valence-electron chi connectivity index (χ0n) is 33.9. The molecule has 1 heterocycles. The summed E-state index contributed by atoms with van der Waals surface area (Å²) in [7, 11) is 0. The van der Waals surface area contributed by atoms with Gasteiger partial charge in [-0.25, -0.2) is 9.18 Å². The minimum Gasteiger partial charge on any atom is -0.459 e. The first-order valence-corrected chi connectivity index (χ1v) is 20.7. The van der Waals surface area contributed by atoms with E-state index in [1.165, 1.54) is 12.1 Å². The molecule has 3 N–H and O–H groups in total. The number of fused-ring (bicyclic) bond motifs is 2. The first kappa shape index (κ1) is 42.3. The normalized spacial score (nSPS) is 25.7. The molecule has 6 rings (SSSR count). The third-order valence-corrected chi connectivity index (χ3v) is 11.5. The maximum Gasteiger partial charge on any atom is 0.412 e. The van der Waals surface area contributed by atoms with E-state index in [4.69, 9.17) is 24.2 Å². The van der Waals surface area contributed by atoms with E-state index in [0.717, 1.165) is 55.2 Å². The summed E-state index contributed by atoms with van der Waals surface area (Å²) >= 11 is 0. The molecule has 3 aliphatic carbocycles. The number of unbranched alkanes of at least 4 members (excludes halogenated alkanes) is 2. The Balaban J connectivity index is 1.61. The van der Waals surface area contributed by atoms with Crippen LogP contribution in [0.1, 0.15) is 103 Å². The predicted molar refractivity (Wildman–Crippen MR) is 215 cm³/mol. The van der Waals surface area contributed by atoms with Crippen LogP contribution in [0.15, 0.2) is 71.9 Å². The highest BCUT2D eigenvalue weighted by Gasteiger charge is 2.66. The van der Waals surface area contributed by atoms with Gasteiger partial charge < -0.3 is 39.5 Å². The van der Waals surface area contributed by atoms with E-state index in [-0.39, 0.29) is 68.2 Å². The van der Waals surface area contributed by atoms with Crippen LogP contribution < -0.4 is 14.8 Å². The second-order valence-electron chi connectivity index (χ2n) is 16.8. The van der Waals surface area contributed by atoms with Gasteiger partial charge in [-0.05, 0) is 120 Å². The van der Waals surface area contributed by atoms with Crippen LogP contribution in [0.3, 0.4) is 0 Å². The van der Waals surface area contributed by atoms with E-state index in [1.807, 2.05) is 44.7 Å². The quantitative estimate of drug-likeness (QED) is 0.0791. The first-order valence-electron chi connectivity index (χ1n) is 20.7. The summed E-state index contributed by atoms with van der Waals surface area (Å²) in [5, 5.41) is 27.3. The van der Waals surface area contributed by atoms with Crippen molar-refractivity contribution < 1.29 is 43.2 Å². The Labute approximate surface area is 336 Å². The van der Waals surface area contributed by atoms with Crippen LogP contribution in [-0.2, 0) is 20.9 Å². The van der Waals surface area contributed by atoms with Crippen LogP contribution in [0, 0.1) is 29.5 Å². The van der Waals surface area contributed by atoms with E-state index < -0.39 is 29.4 Å². The molecule has 2 aromatic rings. The molecule has 0 bridgehead atoms. The summed E-state index contributed by atoms with van der Waals surface area (Å²) in [4.78, 5) is 35.4. The SMILES string of the molecule is C=CCOC12Oc3ccc(OC(=O)NCC)cc3C3C(CCCCO)C(CCCCO)C=C(C(=NOC(C)(C)C)CC1N(Cc1ccc(F)cc1)C(=O)C1CC1)C32. The number of nitrogens with one attached hydrogen (secondary N) is 1. The minimum atomic E-state index is -1.43. The van der Waals surface area contributed by atoms with Crippen LogP contribution in [0.5, 0.6) is 11.5 Å². The number of halogens is 1. The smallest absolute Gasteiger partial charge is 0.412 e. The zero-order valence-corrected chi connectivity index (χ0v) is 33.9. The van der Waals surface area contributed by atoms with Crippen molar-refractivity contribution >= 4 is 17.7 Å². The molecule has 2 saturated carbocycles. The molecule has 0 radical (unpaired) electrons. The molecular formula is C45H60FN3O8. The maximum absolute atomic E-state index is 14.7.